The van der Waals surface area contributed by atoms with Crippen molar-refractivity contribution >= 4 is 65.2 Å². The lowest BCUT2D eigenvalue weighted by Crippen LogP contribution is -1.93. The van der Waals surface area contributed by atoms with Crippen LogP contribution in [0.3, 0.4) is 0 Å². The summed E-state index contributed by atoms with van der Waals surface area (Å²) >= 11 is 1.65. The van der Waals surface area contributed by atoms with Crippen molar-refractivity contribution < 1.29 is 4.42 Å². The first-order valence-electron chi connectivity index (χ1n) is 17.5. The molecule has 4 nitrogen and oxygen atoms in total. The standard InChI is InChI=1S/C47H29N3OS/c1-2-10-30(11-3-1)31-18-22-34(23-19-31)49-40-15-7-4-12-35(40)37-28-32(20-24-42(37)49)33-21-25-43-38(29-33)36-13-5-8-16-41(36)50(43)46-27-26-44(51-46)47-48-39-14-6-9-17-45(39)52-47/h1-29H. The maximum Gasteiger partial charge on any atom is 0.205 e. The molecule has 0 aliphatic rings. The molecule has 0 bridgehead atoms. The maximum absolute atomic E-state index is 6.54. The van der Waals surface area contributed by atoms with Gasteiger partial charge in [-0.15, -0.1) is 11.3 Å². The molecule has 0 amide bonds. The Morgan fingerprint density at radius 1 is 0.423 bits per heavy atom. The Morgan fingerprint density at radius 2 is 0.981 bits per heavy atom. The molecule has 4 heterocycles. The fourth-order valence-corrected chi connectivity index (χ4v) is 8.72. The van der Waals surface area contributed by atoms with Crippen LogP contribution in [-0.2, 0) is 0 Å². The van der Waals surface area contributed by atoms with Crippen molar-refractivity contribution in [2.75, 3.05) is 0 Å². The van der Waals surface area contributed by atoms with Crippen LogP contribution in [0.2, 0.25) is 0 Å². The number of fused-ring (bicyclic) bond motifs is 7. The van der Waals surface area contributed by atoms with Crippen molar-refractivity contribution in [1.82, 2.24) is 14.1 Å². The quantitative estimate of drug-likeness (QED) is 0.181. The highest BCUT2D eigenvalue weighted by Gasteiger charge is 2.18. The van der Waals surface area contributed by atoms with E-state index in [-0.39, 0.29) is 0 Å². The van der Waals surface area contributed by atoms with Crippen LogP contribution in [0.1, 0.15) is 0 Å². The predicted molar refractivity (Wildman–Crippen MR) is 217 cm³/mol. The van der Waals surface area contributed by atoms with E-state index >= 15 is 0 Å². The second kappa shape index (κ2) is 11.4. The summed E-state index contributed by atoms with van der Waals surface area (Å²) in [5.74, 6) is 1.55. The molecule has 7 aromatic carbocycles. The highest BCUT2D eigenvalue weighted by molar-refractivity contribution is 7.21. The van der Waals surface area contributed by atoms with Crippen molar-refractivity contribution in [2.24, 2.45) is 0 Å². The molecule has 0 radical (unpaired) electrons. The maximum atomic E-state index is 6.54. The monoisotopic (exact) mass is 683 g/mol. The third-order valence-corrected chi connectivity index (χ3v) is 11.3. The number of furan rings is 1. The molecule has 0 aliphatic heterocycles. The summed E-state index contributed by atoms with van der Waals surface area (Å²) in [6.45, 7) is 0. The lowest BCUT2D eigenvalue weighted by atomic mass is 10.0. The van der Waals surface area contributed by atoms with Gasteiger partial charge in [0, 0.05) is 33.3 Å². The Balaban J connectivity index is 1.02. The zero-order valence-electron chi connectivity index (χ0n) is 27.9. The van der Waals surface area contributed by atoms with Crippen molar-refractivity contribution in [2.45, 2.75) is 0 Å². The first kappa shape index (κ1) is 29.1. The smallest absolute Gasteiger partial charge is 0.205 e. The topological polar surface area (TPSA) is 35.9 Å². The van der Waals surface area contributed by atoms with Gasteiger partial charge in [0.2, 0.25) is 5.88 Å². The molecule has 5 heteroatoms. The Bertz CT molecular complexity index is 3090. The molecule has 0 saturated carbocycles. The second-order valence-electron chi connectivity index (χ2n) is 13.2. The van der Waals surface area contributed by atoms with Gasteiger partial charge >= 0.3 is 0 Å². The van der Waals surface area contributed by atoms with Gasteiger partial charge in [0.1, 0.15) is 0 Å². The lowest BCUT2D eigenvalue weighted by molar-refractivity contribution is 0.560. The van der Waals surface area contributed by atoms with Crippen LogP contribution >= 0.6 is 11.3 Å². The number of benzene rings is 7. The third-order valence-electron chi connectivity index (χ3n) is 10.2. The fraction of sp³-hybridized carbons (Fsp3) is 0. The Hall–Kier alpha value is -6.69. The van der Waals surface area contributed by atoms with Crippen molar-refractivity contribution in [1.29, 1.82) is 0 Å². The fourth-order valence-electron chi connectivity index (χ4n) is 7.79. The molecule has 11 rings (SSSR count). The molecule has 52 heavy (non-hydrogen) atoms. The molecule has 0 aliphatic carbocycles. The molecule has 0 fully saturated rings. The summed E-state index contributed by atoms with van der Waals surface area (Å²) in [5.41, 5.74) is 11.5. The average Bonchev–Trinajstić information content (AvgIpc) is 4.00. The molecule has 0 spiro atoms. The zero-order chi connectivity index (χ0) is 34.2. The minimum Gasteiger partial charge on any atom is -0.437 e. The van der Waals surface area contributed by atoms with E-state index in [2.05, 4.69) is 161 Å². The van der Waals surface area contributed by atoms with Gasteiger partial charge in [-0.1, -0.05) is 103 Å². The van der Waals surface area contributed by atoms with E-state index in [1.165, 1.54) is 54.8 Å². The zero-order valence-corrected chi connectivity index (χ0v) is 28.7. The molecule has 0 atom stereocenters. The first-order valence-corrected chi connectivity index (χ1v) is 18.3. The predicted octanol–water partition coefficient (Wildman–Crippen LogP) is 13.1. The summed E-state index contributed by atoms with van der Waals surface area (Å²) in [5, 5.41) is 5.74. The Morgan fingerprint density at radius 3 is 1.69 bits per heavy atom. The normalized spacial score (nSPS) is 11.8. The first-order chi connectivity index (χ1) is 25.8. The third kappa shape index (κ3) is 4.50. The van der Waals surface area contributed by atoms with Gasteiger partial charge in [0.05, 0.1) is 32.3 Å². The van der Waals surface area contributed by atoms with E-state index in [9.17, 15) is 0 Å². The van der Waals surface area contributed by atoms with E-state index in [4.69, 9.17) is 9.40 Å². The largest absolute Gasteiger partial charge is 0.437 e. The molecule has 11 aromatic rings. The molecule has 244 valence electrons. The molecular weight excluding hydrogens is 655 g/mol. The summed E-state index contributed by atoms with van der Waals surface area (Å²) < 4.78 is 12.3. The van der Waals surface area contributed by atoms with E-state index in [0.717, 1.165) is 43.6 Å². The number of hydrogen-bond donors (Lipinski definition) is 0. The number of hydrogen-bond acceptors (Lipinski definition) is 3. The van der Waals surface area contributed by atoms with Gasteiger partial charge in [0.15, 0.2) is 10.8 Å². The van der Waals surface area contributed by atoms with Gasteiger partial charge in [-0.25, -0.2) is 4.98 Å². The number of rotatable bonds is 5. The minimum absolute atomic E-state index is 0.776. The minimum atomic E-state index is 0.776. The van der Waals surface area contributed by atoms with Crippen molar-refractivity contribution in [3.05, 3.63) is 176 Å². The molecule has 4 aromatic heterocycles. The average molecular weight is 684 g/mol. The Kier molecular flexibility index (Phi) is 6.39. The summed E-state index contributed by atoms with van der Waals surface area (Å²) in [6, 6.07) is 62.7. The molecular formula is C47H29N3OS. The van der Waals surface area contributed by atoms with Gasteiger partial charge in [0.25, 0.3) is 0 Å². The second-order valence-corrected chi connectivity index (χ2v) is 14.2. The van der Waals surface area contributed by atoms with Crippen LogP contribution in [0.25, 0.3) is 98.4 Å². The Labute approximate surface area is 303 Å². The van der Waals surface area contributed by atoms with Crippen LogP contribution in [0.4, 0.5) is 0 Å². The van der Waals surface area contributed by atoms with E-state index in [1.807, 2.05) is 24.3 Å². The van der Waals surface area contributed by atoms with E-state index < -0.39 is 0 Å². The van der Waals surface area contributed by atoms with Crippen molar-refractivity contribution in [3.8, 4) is 44.6 Å². The number of nitrogens with zero attached hydrogens (tertiary/aromatic N) is 3. The van der Waals surface area contributed by atoms with Crippen LogP contribution in [0, 0.1) is 0 Å². The van der Waals surface area contributed by atoms with Gasteiger partial charge in [-0.2, -0.15) is 0 Å². The van der Waals surface area contributed by atoms with Gasteiger partial charge < -0.3 is 8.98 Å². The number of thiazole rings is 1. The van der Waals surface area contributed by atoms with Crippen LogP contribution in [-0.4, -0.2) is 14.1 Å². The van der Waals surface area contributed by atoms with Crippen molar-refractivity contribution in [3.63, 3.8) is 0 Å². The van der Waals surface area contributed by atoms with Crippen LogP contribution in [0.5, 0.6) is 0 Å². The molecule has 0 unspecified atom stereocenters. The lowest BCUT2D eigenvalue weighted by Gasteiger charge is -2.10. The number of para-hydroxylation sites is 3. The molecule has 0 saturated heterocycles. The molecule has 0 N–H and O–H groups in total. The van der Waals surface area contributed by atoms with E-state index in [1.54, 1.807) is 11.3 Å². The summed E-state index contributed by atoms with van der Waals surface area (Å²) in [6.07, 6.45) is 0. The summed E-state index contributed by atoms with van der Waals surface area (Å²) in [7, 11) is 0. The number of aromatic nitrogens is 3. The van der Waals surface area contributed by atoms with Crippen LogP contribution < -0.4 is 0 Å². The van der Waals surface area contributed by atoms with Gasteiger partial charge in [-0.05, 0) is 89.0 Å². The SMILES string of the molecule is c1ccc(-c2ccc(-n3c4ccccc4c4cc(-c5ccc6c(c5)c5ccccc5n6-c5ccc(-c6nc7ccccc7s6)o5)ccc43)cc2)cc1. The highest BCUT2D eigenvalue weighted by atomic mass is 32.1. The highest BCUT2D eigenvalue weighted by Crippen LogP contribution is 2.40. The van der Waals surface area contributed by atoms with Gasteiger partial charge in [-0.3, -0.25) is 4.57 Å². The van der Waals surface area contributed by atoms with Crippen LogP contribution in [0.15, 0.2) is 180 Å². The summed E-state index contributed by atoms with van der Waals surface area (Å²) in [4.78, 5) is 4.84. The van der Waals surface area contributed by atoms with E-state index in [0.29, 0.717) is 0 Å².